The second-order valence-corrected chi connectivity index (χ2v) is 7.92. The van der Waals surface area contributed by atoms with E-state index < -0.39 is 0 Å². The Balaban J connectivity index is 0.00000300. The van der Waals surface area contributed by atoms with Crippen molar-refractivity contribution in [3.63, 3.8) is 0 Å². The van der Waals surface area contributed by atoms with Gasteiger partial charge in [-0.05, 0) is 43.7 Å². The number of thiophene rings is 1. The Bertz CT molecular complexity index is 876. The Morgan fingerprint density at radius 3 is 2.62 bits per heavy atom. The van der Waals surface area contributed by atoms with E-state index in [1.54, 1.807) is 11.3 Å². The number of rotatable bonds is 8. The highest BCUT2D eigenvalue weighted by molar-refractivity contribution is 14.0. The van der Waals surface area contributed by atoms with Crippen molar-refractivity contribution in [3.05, 3.63) is 69.9 Å². The SMILES string of the molecule is Cc1nnc(CN=C(NCc2cccs2)NC(C)CCc2ccccc2)n1C.I. The summed E-state index contributed by atoms with van der Waals surface area (Å²) in [6.07, 6.45) is 2.07. The van der Waals surface area contributed by atoms with Crippen molar-refractivity contribution in [2.24, 2.45) is 12.0 Å². The molecule has 156 valence electrons. The van der Waals surface area contributed by atoms with Crippen LogP contribution in [-0.2, 0) is 26.6 Å². The maximum Gasteiger partial charge on any atom is 0.192 e. The molecule has 1 aromatic carbocycles. The van der Waals surface area contributed by atoms with Gasteiger partial charge < -0.3 is 15.2 Å². The zero-order valence-electron chi connectivity index (χ0n) is 17.1. The van der Waals surface area contributed by atoms with Crippen LogP contribution >= 0.6 is 35.3 Å². The highest BCUT2D eigenvalue weighted by Crippen LogP contribution is 2.08. The van der Waals surface area contributed by atoms with E-state index in [1.165, 1.54) is 10.4 Å². The van der Waals surface area contributed by atoms with E-state index in [0.717, 1.165) is 37.0 Å². The van der Waals surface area contributed by atoms with E-state index in [4.69, 9.17) is 4.99 Å². The summed E-state index contributed by atoms with van der Waals surface area (Å²) in [4.78, 5) is 6.02. The monoisotopic (exact) mass is 524 g/mol. The number of benzene rings is 1. The maximum atomic E-state index is 4.74. The predicted octanol–water partition coefficient (Wildman–Crippen LogP) is 4.06. The standard InChI is InChI=1S/C21H28N6S.HI/c1-16(11-12-18-8-5-4-6-9-18)24-21(22-14-19-10-7-13-28-19)23-15-20-26-25-17(2)27(20)3;/h4-10,13,16H,11-12,14-15H2,1-3H3,(H2,22,23,24);1H. The Hall–Kier alpha value is -1.94. The lowest BCUT2D eigenvalue weighted by Gasteiger charge is -2.18. The van der Waals surface area contributed by atoms with Crippen LogP contribution in [0, 0.1) is 6.92 Å². The van der Waals surface area contributed by atoms with Crippen LogP contribution in [0.1, 0.15) is 35.4 Å². The molecule has 0 saturated heterocycles. The summed E-state index contributed by atoms with van der Waals surface area (Å²) >= 11 is 1.74. The number of aryl methyl sites for hydroxylation is 2. The molecule has 8 heteroatoms. The second-order valence-electron chi connectivity index (χ2n) is 6.89. The molecule has 0 spiro atoms. The van der Waals surface area contributed by atoms with Gasteiger partial charge in [0.2, 0.25) is 0 Å². The van der Waals surface area contributed by atoms with Crippen molar-refractivity contribution in [2.45, 2.75) is 45.8 Å². The molecular formula is C21H29IN6S. The molecule has 0 fully saturated rings. The number of halogens is 1. The summed E-state index contributed by atoms with van der Waals surface area (Å²) in [6.45, 7) is 5.38. The number of aliphatic imine (C=N–C) groups is 1. The summed E-state index contributed by atoms with van der Waals surface area (Å²) in [7, 11) is 1.97. The molecule has 0 saturated carbocycles. The van der Waals surface area contributed by atoms with Crippen molar-refractivity contribution in [3.8, 4) is 0 Å². The van der Waals surface area contributed by atoms with Crippen LogP contribution in [0.3, 0.4) is 0 Å². The van der Waals surface area contributed by atoms with Gasteiger partial charge in [-0.3, -0.25) is 0 Å². The Labute approximate surface area is 193 Å². The van der Waals surface area contributed by atoms with Crippen LogP contribution in [-0.4, -0.2) is 26.8 Å². The lowest BCUT2D eigenvalue weighted by atomic mass is 10.1. The maximum absolute atomic E-state index is 4.74. The van der Waals surface area contributed by atoms with E-state index in [9.17, 15) is 0 Å². The minimum absolute atomic E-state index is 0. The molecule has 0 radical (unpaired) electrons. The topological polar surface area (TPSA) is 67.1 Å². The fraction of sp³-hybridized carbons (Fsp3) is 0.381. The zero-order valence-corrected chi connectivity index (χ0v) is 20.3. The molecular weight excluding hydrogens is 495 g/mol. The van der Waals surface area contributed by atoms with Gasteiger partial charge in [0.25, 0.3) is 0 Å². The van der Waals surface area contributed by atoms with Crippen molar-refractivity contribution in [2.75, 3.05) is 0 Å². The van der Waals surface area contributed by atoms with Crippen LogP contribution in [0.5, 0.6) is 0 Å². The molecule has 1 atom stereocenters. The fourth-order valence-corrected chi connectivity index (χ4v) is 3.45. The van der Waals surface area contributed by atoms with Crippen LogP contribution in [0.2, 0.25) is 0 Å². The summed E-state index contributed by atoms with van der Waals surface area (Å²) < 4.78 is 1.97. The predicted molar refractivity (Wildman–Crippen MR) is 131 cm³/mol. The lowest BCUT2D eigenvalue weighted by Crippen LogP contribution is -2.42. The lowest BCUT2D eigenvalue weighted by molar-refractivity contribution is 0.591. The number of hydrogen-bond acceptors (Lipinski definition) is 4. The molecule has 0 bridgehead atoms. The fourth-order valence-electron chi connectivity index (χ4n) is 2.81. The molecule has 3 rings (SSSR count). The van der Waals surface area contributed by atoms with E-state index in [2.05, 4.69) is 75.6 Å². The third kappa shape index (κ3) is 7.43. The molecule has 3 aromatic rings. The molecule has 0 aliphatic carbocycles. The van der Waals surface area contributed by atoms with Gasteiger partial charge in [-0.2, -0.15) is 0 Å². The van der Waals surface area contributed by atoms with Crippen LogP contribution in [0.25, 0.3) is 0 Å². The van der Waals surface area contributed by atoms with Gasteiger partial charge in [-0.15, -0.1) is 45.5 Å². The molecule has 0 aliphatic heterocycles. The van der Waals surface area contributed by atoms with Crippen LogP contribution < -0.4 is 10.6 Å². The number of nitrogens with one attached hydrogen (secondary N) is 2. The summed E-state index contributed by atoms with van der Waals surface area (Å²) in [5, 5.41) is 17.4. The minimum atomic E-state index is 0. The molecule has 0 aliphatic rings. The molecule has 0 amide bonds. The number of guanidine groups is 1. The van der Waals surface area contributed by atoms with Gasteiger partial charge in [0.1, 0.15) is 12.4 Å². The summed E-state index contributed by atoms with van der Waals surface area (Å²) in [5.41, 5.74) is 1.36. The Morgan fingerprint density at radius 2 is 1.97 bits per heavy atom. The minimum Gasteiger partial charge on any atom is -0.354 e. The highest BCUT2D eigenvalue weighted by atomic mass is 127. The van der Waals surface area contributed by atoms with Crippen molar-refractivity contribution >= 4 is 41.3 Å². The van der Waals surface area contributed by atoms with Crippen LogP contribution in [0.4, 0.5) is 0 Å². The summed E-state index contributed by atoms with van der Waals surface area (Å²) in [5.74, 6) is 2.55. The van der Waals surface area contributed by atoms with Crippen LogP contribution in [0.15, 0.2) is 52.8 Å². The number of hydrogen-bond donors (Lipinski definition) is 2. The molecule has 2 N–H and O–H groups in total. The van der Waals surface area contributed by atoms with Crippen molar-refractivity contribution in [1.82, 2.24) is 25.4 Å². The second kappa shape index (κ2) is 11.9. The molecule has 1 unspecified atom stereocenters. The highest BCUT2D eigenvalue weighted by Gasteiger charge is 2.09. The van der Waals surface area contributed by atoms with E-state index in [-0.39, 0.29) is 24.0 Å². The van der Waals surface area contributed by atoms with Gasteiger partial charge in [0, 0.05) is 18.0 Å². The van der Waals surface area contributed by atoms with Gasteiger partial charge >= 0.3 is 0 Å². The van der Waals surface area contributed by atoms with E-state index in [0.29, 0.717) is 12.6 Å². The third-order valence-corrected chi connectivity index (χ3v) is 5.54. The quantitative estimate of drug-likeness (QED) is 0.265. The van der Waals surface area contributed by atoms with Crippen molar-refractivity contribution in [1.29, 1.82) is 0 Å². The number of nitrogens with zero attached hydrogens (tertiary/aromatic N) is 4. The molecule has 2 aromatic heterocycles. The first-order valence-corrected chi connectivity index (χ1v) is 10.5. The zero-order chi connectivity index (χ0) is 19.8. The largest absolute Gasteiger partial charge is 0.354 e. The average molecular weight is 524 g/mol. The van der Waals surface area contributed by atoms with Gasteiger partial charge in [-0.25, -0.2) is 4.99 Å². The Morgan fingerprint density at radius 1 is 1.17 bits per heavy atom. The van der Waals surface area contributed by atoms with E-state index in [1.807, 2.05) is 18.5 Å². The average Bonchev–Trinajstić information content (AvgIpc) is 3.34. The third-order valence-electron chi connectivity index (χ3n) is 4.66. The smallest absolute Gasteiger partial charge is 0.192 e. The first kappa shape index (κ1) is 23.3. The van der Waals surface area contributed by atoms with Gasteiger partial charge in [-0.1, -0.05) is 36.4 Å². The van der Waals surface area contributed by atoms with Gasteiger partial charge in [0.15, 0.2) is 11.8 Å². The number of aromatic nitrogens is 3. The van der Waals surface area contributed by atoms with E-state index >= 15 is 0 Å². The molecule has 6 nitrogen and oxygen atoms in total. The van der Waals surface area contributed by atoms with Gasteiger partial charge in [0.05, 0.1) is 6.54 Å². The first-order chi connectivity index (χ1) is 13.6. The molecule has 29 heavy (non-hydrogen) atoms. The normalized spacial score (nSPS) is 12.3. The Kier molecular flexibility index (Phi) is 9.59. The first-order valence-electron chi connectivity index (χ1n) is 9.58. The molecule has 2 heterocycles. The summed E-state index contributed by atoms with van der Waals surface area (Å²) in [6, 6.07) is 15.1. The van der Waals surface area contributed by atoms with Crippen molar-refractivity contribution < 1.29 is 0 Å².